The lowest BCUT2D eigenvalue weighted by Gasteiger charge is -2.30. The summed E-state index contributed by atoms with van der Waals surface area (Å²) in [6, 6.07) is 7.71. The van der Waals surface area contributed by atoms with Gasteiger partial charge in [0.05, 0.1) is 17.7 Å². The van der Waals surface area contributed by atoms with Gasteiger partial charge in [0.15, 0.2) is 0 Å². The molecule has 0 heterocycles. The second kappa shape index (κ2) is 8.02. The van der Waals surface area contributed by atoms with Gasteiger partial charge in [-0.1, -0.05) is 19.9 Å². The third kappa shape index (κ3) is 5.37. The first kappa shape index (κ1) is 17.5. The van der Waals surface area contributed by atoms with Crippen molar-refractivity contribution < 1.29 is 5.11 Å². The van der Waals surface area contributed by atoms with Crippen LogP contribution in [-0.2, 0) is 0 Å². The molecule has 0 aliphatic rings. The molecule has 0 radical (unpaired) electrons. The summed E-state index contributed by atoms with van der Waals surface area (Å²) >= 11 is 0. The summed E-state index contributed by atoms with van der Waals surface area (Å²) in [5, 5.41) is 19.1. The Bertz CT molecular complexity index is 489. The third-order valence-electron chi connectivity index (χ3n) is 3.35. The third-order valence-corrected chi connectivity index (χ3v) is 3.35. The Balaban J connectivity index is 3.16. The van der Waals surface area contributed by atoms with Gasteiger partial charge in [-0.05, 0) is 39.1 Å². The highest BCUT2D eigenvalue weighted by Crippen LogP contribution is 2.28. The maximum atomic E-state index is 10.0. The Morgan fingerprint density at radius 2 is 1.86 bits per heavy atom. The Morgan fingerprint density at radius 1 is 1.19 bits per heavy atom. The van der Waals surface area contributed by atoms with Crippen molar-refractivity contribution in [1.82, 2.24) is 4.90 Å². The van der Waals surface area contributed by atoms with Crippen molar-refractivity contribution in [2.24, 2.45) is 5.92 Å². The van der Waals surface area contributed by atoms with Crippen molar-refractivity contribution in [3.63, 3.8) is 0 Å². The van der Waals surface area contributed by atoms with Gasteiger partial charge < -0.3 is 14.9 Å². The molecule has 0 unspecified atom stereocenters. The fraction of sp³-hybridized carbons (Fsp3) is 0.588. The Kier molecular flexibility index (Phi) is 6.67. The van der Waals surface area contributed by atoms with E-state index in [1.807, 2.05) is 12.1 Å². The highest BCUT2D eigenvalue weighted by atomic mass is 16.3. The maximum absolute atomic E-state index is 10.0. The van der Waals surface area contributed by atoms with Gasteiger partial charge in [-0.25, -0.2) is 0 Å². The molecule has 4 nitrogen and oxygen atoms in total. The van der Waals surface area contributed by atoms with Crippen LogP contribution >= 0.6 is 0 Å². The molecule has 1 atom stereocenters. The van der Waals surface area contributed by atoms with Crippen LogP contribution in [0, 0.1) is 17.2 Å². The van der Waals surface area contributed by atoms with Crippen LogP contribution in [0.3, 0.4) is 0 Å². The van der Waals surface area contributed by atoms with E-state index >= 15 is 0 Å². The average molecular weight is 289 g/mol. The van der Waals surface area contributed by atoms with E-state index in [-0.39, 0.29) is 0 Å². The smallest absolute Gasteiger partial charge is 0.0992 e. The van der Waals surface area contributed by atoms with Crippen LogP contribution in [0.25, 0.3) is 0 Å². The van der Waals surface area contributed by atoms with Crippen LogP contribution in [0.15, 0.2) is 18.2 Å². The molecule has 1 aromatic rings. The van der Waals surface area contributed by atoms with E-state index in [1.165, 1.54) is 0 Å². The van der Waals surface area contributed by atoms with Gasteiger partial charge in [-0.15, -0.1) is 0 Å². The van der Waals surface area contributed by atoms with Gasteiger partial charge in [0.2, 0.25) is 0 Å². The van der Waals surface area contributed by atoms with Crippen molar-refractivity contribution in [3.8, 4) is 6.07 Å². The van der Waals surface area contributed by atoms with Gasteiger partial charge in [-0.3, -0.25) is 0 Å². The van der Waals surface area contributed by atoms with Crippen LogP contribution in [0.1, 0.15) is 38.0 Å². The minimum absolute atomic E-state index is 0.514. The van der Waals surface area contributed by atoms with Crippen LogP contribution in [0.5, 0.6) is 0 Å². The standard InChI is InChI=1S/C17H27N3O/c1-13(2)12-20(9-8-19(4)5)17-10-15(11-18)6-7-16(17)14(3)21/h6-7,10,13-14,21H,8-9,12H2,1-5H3/t14-/m0/s1. The van der Waals surface area contributed by atoms with Crippen molar-refractivity contribution >= 4 is 5.69 Å². The zero-order valence-corrected chi connectivity index (χ0v) is 13.8. The Hall–Kier alpha value is -1.57. The lowest BCUT2D eigenvalue weighted by molar-refractivity contribution is 0.199. The fourth-order valence-corrected chi connectivity index (χ4v) is 2.31. The minimum atomic E-state index is -0.540. The van der Waals surface area contributed by atoms with E-state index in [2.05, 4.69) is 43.8 Å². The van der Waals surface area contributed by atoms with Gasteiger partial charge >= 0.3 is 0 Å². The van der Waals surface area contributed by atoms with Crippen LogP contribution in [-0.4, -0.2) is 43.7 Å². The number of hydrogen-bond acceptors (Lipinski definition) is 4. The molecule has 21 heavy (non-hydrogen) atoms. The topological polar surface area (TPSA) is 50.5 Å². The lowest BCUT2D eigenvalue weighted by atomic mass is 10.0. The second-order valence-electron chi connectivity index (χ2n) is 6.20. The zero-order valence-electron chi connectivity index (χ0n) is 13.8. The first-order valence-corrected chi connectivity index (χ1v) is 7.47. The molecule has 0 spiro atoms. The van der Waals surface area contributed by atoms with E-state index in [4.69, 9.17) is 5.26 Å². The SMILES string of the molecule is CC(C)CN(CCN(C)C)c1cc(C#N)ccc1[C@H](C)O. The molecule has 116 valence electrons. The van der Waals surface area contributed by atoms with Crippen molar-refractivity contribution in [2.45, 2.75) is 26.9 Å². The van der Waals surface area contributed by atoms with E-state index in [0.717, 1.165) is 30.9 Å². The van der Waals surface area contributed by atoms with Crippen molar-refractivity contribution in [2.75, 3.05) is 38.6 Å². The molecule has 1 aromatic carbocycles. The fourth-order valence-electron chi connectivity index (χ4n) is 2.31. The van der Waals surface area contributed by atoms with Crippen molar-refractivity contribution in [3.05, 3.63) is 29.3 Å². The predicted molar refractivity (Wildman–Crippen MR) is 87.4 cm³/mol. The minimum Gasteiger partial charge on any atom is -0.389 e. The van der Waals surface area contributed by atoms with Crippen molar-refractivity contribution in [1.29, 1.82) is 5.26 Å². The first-order valence-electron chi connectivity index (χ1n) is 7.47. The average Bonchev–Trinajstić information content (AvgIpc) is 2.42. The second-order valence-corrected chi connectivity index (χ2v) is 6.20. The monoisotopic (exact) mass is 289 g/mol. The summed E-state index contributed by atoms with van der Waals surface area (Å²) in [6.07, 6.45) is -0.540. The normalized spacial score (nSPS) is 12.5. The van der Waals surface area contributed by atoms with Gasteiger partial charge in [0, 0.05) is 30.9 Å². The molecule has 0 saturated carbocycles. The molecule has 0 aliphatic carbocycles. The first-order chi connectivity index (χ1) is 9.85. The molecule has 4 heteroatoms. The lowest BCUT2D eigenvalue weighted by Crippen LogP contribution is -2.35. The predicted octanol–water partition coefficient (Wildman–Crippen LogP) is 2.64. The number of anilines is 1. The van der Waals surface area contributed by atoms with Crippen LogP contribution in [0.4, 0.5) is 5.69 Å². The molecular weight excluding hydrogens is 262 g/mol. The van der Waals surface area contributed by atoms with Crippen LogP contribution < -0.4 is 4.90 Å². The molecule has 0 fully saturated rings. The number of rotatable bonds is 7. The maximum Gasteiger partial charge on any atom is 0.0992 e. The van der Waals surface area contributed by atoms with Gasteiger partial charge in [0.25, 0.3) is 0 Å². The number of aliphatic hydroxyl groups is 1. The molecule has 0 bridgehead atoms. The Labute approximate surface area is 128 Å². The van der Waals surface area contributed by atoms with Gasteiger partial charge in [0.1, 0.15) is 0 Å². The number of hydrogen-bond donors (Lipinski definition) is 1. The summed E-state index contributed by atoms with van der Waals surface area (Å²) in [7, 11) is 4.10. The van der Waals surface area contributed by atoms with Gasteiger partial charge in [-0.2, -0.15) is 5.26 Å². The summed E-state index contributed by atoms with van der Waals surface area (Å²) in [5.74, 6) is 0.514. The van der Waals surface area contributed by atoms with E-state index in [9.17, 15) is 5.11 Å². The molecule has 0 aliphatic heterocycles. The van der Waals surface area contributed by atoms with E-state index in [0.29, 0.717) is 11.5 Å². The molecule has 0 aromatic heterocycles. The number of nitrogens with zero attached hydrogens (tertiary/aromatic N) is 3. The van der Waals surface area contributed by atoms with Crippen LogP contribution in [0.2, 0.25) is 0 Å². The van der Waals surface area contributed by atoms with E-state index in [1.54, 1.807) is 13.0 Å². The highest BCUT2D eigenvalue weighted by molar-refractivity contribution is 5.58. The largest absolute Gasteiger partial charge is 0.389 e. The molecule has 1 N–H and O–H groups in total. The summed E-state index contributed by atoms with van der Waals surface area (Å²) in [4.78, 5) is 4.41. The summed E-state index contributed by atoms with van der Waals surface area (Å²) < 4.78 is 0. The summed E-state index contributed by atoms with van der Waals surface area (Å²) in [6.45, 7) is 8.84. The van der Waals surface area contributed by atoms with E-state index < -0.39 is 6.10 Å². The molecule has 1 rings (SSSR count). The highest BCUT2D eigenvalue weighted by Gasteiger charge is 2.16. The quantitative estimate of drug-likeness (QED) is 0.838. The number of likely N-dealkylation sites (N-methyl/N-ethyl adjacent to an activating group) is 1. The number of nitriles is 1. The molecule has 0 amide bonds. The molecular formula is C17H27N3O. The zero-order chi connectivity index (χ0) is 16.0. The summed E-state index contributed by atoms with van der Waals surface area (Å²) in [5.41, 5.74) is 2.49. The Morgan fingerprint density at radius 3 is 2.33 bits per heavy atom. The number of benzene rings is 1. The number of aliphatic hydroxyl groups excluding tert-OH is 1. The molecule has 0 saturated heterocycles.